The second-order valence-corrected chi connectivity index (χ2v) is 7.05. The van der Waals surface area contributed by atoms with Crippen LogP contribution in [0.15, 0.2) is 11.1 Å². The molecule has 4 atom stereocenters. The minimum Gasteiger partial charge on any atom is -0.469 e. The zero-order valence-corrected chi connectivity index (χ0v) is 14.6. The summed E-state index contributed by atoms with van der Waals surface area (Å²) in [5, 5.41) is 0. The van der Waals surface area contributed by atoms with E-state index in [-0.39, 0.29) is 35.5 Å². The van der Waals surface area contributed by atoms with Crippen molar-refractivity contribution >= 4 is 17.7 Å². The van der Waals surface area contributed by atoms with Crippen molar-refractivity contribution in [2.75, 3.05) is 7.11 Å². The molecule has 0 N–H and O–H groups in total. The summed E-state index contributed by atoms with van der Waals surface area (Å²) in [4.78, 5) is 35.7. The summed E-state index contributed by atoms with van der Waals surface area (Å²) in [6, 6.07) is 0. The largest absolute Gasteiger partial charge is 0.469 e. The van der Waals surface area contributed by atoms with Crippen LogP contribution in [-0.4, -0.2) is 30.4 Å². The summed E-state index contributed by atoms with van der Waals surface area (Å²) < 4.78 is 10.5. The van der Waals surface area contributed by atoms with Crippen LogP contribution in [-0.2, 0) is 23.9 Å². The maximum atomic E-state index is 12.2. The maximum absolute atomic E-state index is 12.2. The van der Waals surface area contributed by atoms with Crippen LogP contribution in [0.4, 0.5) is 0 Å². The van der Waals surface area contributed by atoms with Crippen molar-refractivity contribution < 1.29 is 23.9 Å². The van der Waals surface area contributed by atoms with Crippen molar-refractivity contribution in [1.29, 1.82) is 0 Å². The molecule has 2 aliphatic rings. The van der Waals surface area contributed by atoms with Crippen molar-refractivity contribution in [3.05, 3.63) is 11.1 Å². The highest BCUT2D eigenvalue weighted by Crippen LogP contribution is 2.49. The van der Waals surface area contributed by atoms with Crippen molar-refractivity contribution in [3.63, 3.8) is 0 Å². The standard InChI is InChI=1S/C18H26O5/c1-10(17(21)22-5)13-6-7-18(4,23-12(3)19)15-9-16(20)11(2)14(15)8-13/h10,13,15H,6-9H2,1-5H3/t10-,13+,15+,18+/m0/s1. The molecule has 0 unspecified atom stereocenters. The Bertz CT molecular complexity index is 562. The average molecular weight is 322 g/mol. The molecular weight excluding hydrogens is 296 g/mol. The topological polar surface area (TPSA) is 69.7 Å². The number of carbonyl (C=O) groups is 3. The van der Waals surface area contributed by atoms with Crippen molar-refractivity contribution in [2.45, 2.75) is 59.0 Å². The Morgan fingerprint density at radius 1 is 1.30 bits per heavy atom. The Hall–Kier alpha value is -1.65. The smallest absolute Gasteiger partial charge is 0.308 e. The first-order valence-electron chi connectivity index (χ1n) is 8.20. The van der Waals surface area contributed by atoms with Gasteiger partial charge in [-0.3, -0.25) is 14.4 Å². The Morgan fingerprint density at radius 3 is 2.52 bits per heavy atom. The van der Waals surface area contributed by atoms with Gasteiger partial charge in [0, 0.05) is 19.3 Å². The van der Waals surface area contributed by atoms with Crippen molar-refractivity contribution in [1.82, 2.24) is 0 Å². The van der Waals surface area contributed by atoms with Crippen LogP contribution in [0.2, 0.25) is 0 Å². The van der Waals surface area contributed by atoms with Gasteiger partial charge in [0.25, 0.3) is 0 Å². The Kier molecular flexibility index (Phi) is 4.97. The fraction of sp³-hybridized carbons (Fsp3) is 0.722. The van der Waals surface area contributed by atoms with E-state index in [0.717, 1.165) is 17.6 Å². The Balaban J connectivity index is 2.36. The zero-order chi connectivity index (χ0) is 17.4. The van der Waals surface area contributed by atoms with E-state index in [2.05, 4.69) is 0 Å². The molecule has 0 saturated heterocycles. The van der Waals surface area contributed by atoms with Gasteiger partial charge in [0.05, 0.1) is 13.0 Å². The van der Waals surface area contributed by atoms with Gasteiger partial charge in [-0.05, 0) is 44.6 Å². The number of Topliss-reactive ketones (excluding diaryl/α,β-unsaturated/α-hetero) is 1. The number of ketones is 1. The lowest BCUT2D eigenvalue weighted by Gasteiger charge is -2.34. The molecule has 0 aromatic carbocycles. The molecule has 0 radical (unpaired) electrons. The molecule has 5 heteroatoms. The number of carbonyl (C=O) groups excluding carboxylic acids is 3. The number of ether oxygens (including phenoxy) is 2. The quantitative estimate of drug-likeness (QED) is 0.747. The number of esters is 2. The van der Waals surface area contributed by atoms with E-state index in [4.69, 9.17) is 9.47 Å². The average Bonchev–Trinajstić information content (AvgIpc) is 2.69. The van der Waals surface area contributed by atoms with Gasteiger partial charge in [-0.1, -0.05) is 12.5 Å². The minimum atomic E-state index is -0.681. The summed E-state index contributed by atoms with van der Waals surface area (Å²) in [6.07, 6.45) is 2.49. The van der Waals surface area contributed by atoms with Gasteiger partial charge < -0.3 is 9.47 Å². The van der Waals surface area contributed by atoms with Crippen molar-refractivity contribution in [3.8, 4) is 0 Å². The second-order valence-electron chi connectivity index (χ2n) is 7.05. The van der Waals surface area contributed by atoms with E-state index < -0.39 is 5.60 Å². The number of fused-ring (bicyclic) bond motifs is 1. The van der Waals surface area contributed by atoms with E-state index in [1.807, 2.05) is 20.8 Å². The van der Waals surface area contributed by atoms with E-state index in [1.165, 1.54) is 14.0 Å². The highest BCUT2D eigenvalue weighted by atomic mass is 16.6. The summed E-state index contributed by atoms with van der Waals surface area (Å²) in [7, 11) is 1.39. The van der Waals surface area contributed by atoms with Crippen molar-refractivity contribution in [2.24, 2.45) is 17.8 Å². The summed E-state index contributed by atoms with van der Waals surface area (Å²) in [5.74, 6) is -0.661. The molecule has 0 aromatic rings. The lowest BCUT2D eigenvalue weighted by Crippen LogP contribution is -2.38. The molecule has 128 valence electrons. The van der Waals surface area contributed by atoms with Gasteiger partial charge in [0.2, 0.25) is 0 Å². The molecule has 0 amide bonds. The first-order valence-corrected chi connectivity index (χ1v) is 8.20. The monoisotopic (exact) mass is 322 g/mol. The van der Waals surface area contributed by atoms with Crippen LogP contribution in [0.5, 0.6) is 0 Å². The van der Waals surface area contributed by atoms with Gasteiger partial charge in [0.1, 0.15) is 5.60 Å². The number of methoxy groups -OCH3 is 1. The third-order valence-electron chi connectivity index (χ3n) is 5.60. The summed E-state index contributed by atoms with van der Waals surface area (Å²) in [6.45, 7) is 7.03. The molecular formula is C18H26O5. The summed E-state index contributed by atoms with van der Waals surface area (Å²) >= 11 is 0. The molecule has 5 nitrogen and oxygen atoms in total. The van der Waals surface area contributed by atoms with Gasteiger partial charge >= 0.3 is 11.9 Å². The fourth-order valence-corrected chi connectivity index (χ4v) is 4.07. The Labute approximate surface area is 137 Å². The highest BCUT2D eigenvalue weighted by molar-refractivity contribution is 5.99. The van der Waals surface area contributed by atoms with E-state index in [0.29, 0.717) is 19.3 Å². The molecule has 1 fully saturated rings. The van der Waals surface area contributed by atoms with Crippen LogP contribution in [0.25, 0.3) is 0 Å². The van der Waals surface area contributed by atoms with Crippen LogP contribution >= 0.6 is 0 Å². The van der Waals surface area contributed by atoms with Gasteiger partial charge in [0.15, 0.2) is 5.78 Å². The third-order valence-corrected chi connectivity index (χ3v) is 5.60. The SMILES string of the molecule is COC(=O)[C@@H](C)[C@@H]1CC[C@@](C)(OC(C)=O)[C@@H]2CC(=O)C(C)=C2C1. The third kappa shape index (κ3) is 3.33. The molecule has 23 heavy (non-hydrogen) atoms. The molecule has 0 spiro atoms. The maximum Gasteiger partial charge on any atom is 0.308 e. The van der Waals surface area contributed by atoms with E-state index in [1.54, 1.807) is 0 Å². The lowest BCUT2D eigenvalue weighted by molar-refractivity contribution is -0.161. The molecule has 2 aliphatic carbocycles. The first kappa shape index (κ1) is 17.7. The number of allylic oxidation sites excluding steroid dienone is 1. The number of hydrogen-bond acceptors (Lipinski definition) is 5. The predicted molar refractivity (Wildman–Crippen MR) is 84.5 cm³/mol. The minimum absolute atomic E-state index is 0.0752. The van der Waals surface area contributed by atoms with E-state index >= 15 is 0 Å². The highest BCUT2D eigenvalue weighted by Gasteiger charge is 2.48. The van der Waals surface area contributed by atoms with Gasteiger partial charge in [-0.15, -0.1) is 0 Å². The van der Waals surface area contributed by atoms with Crippen LogP contribution in [0.3, 0.4) is 0 Å². The first-order chi connectivity index (χ1) is 10.7. The van der Waals surface area contributed by atoms with Crippen LogP contribution in [0, 0.1) is 17.8 Å². The molecule has 0 bridgehead atoms. The molecule has 0 heterocycles. The zero-order valence-electron chi connectivity index (χ0n) is 14.6. The van der Waals surface area contributed by atoms with Gasteiger partial charge in [-0.25, -0.2) is 0 Å². The van der Waals surface area contributed by atoms with E-state index in [9.17, 15) is 14.4 Å². The number of rotatable bonds is 3. The normalized spacial score (nSPS) is 32.1. The van der Waals surface area contributed by atoms with Crippen LogP contribution < -0.4 is 0 Å². The fourth-order valence-electron chi connectivity index (χ4n) is 4.07. The number of hydrogen-bond donors (Lipinski definition) is 0. The second kappa shape index (κ2) is 6.46. The van der Waals surface area contributed by atoms with Gasteiger partial charge in [-0.2, -0.15) is 0 Å². The summed E-state index contributed by atoms with van der Waals surface area (Å²) in [5.41, 5.74) is 1.15. The Morgan fingerprint density at radius 2 is 1.96 bits per heavy atom. The lowest BCUT2D eigenvalue weighted by atomic mass is 9.82. The molecule has 2 rings (SSSR count). The van der Waals surface area contributed by atoms with Crippen LogP contribution in [0.1, 0.15) is 53.4 Å². The molecule has 0 aliphatic heterocycles. The predicted octanol–water partition coefficient (Wildman–Crippen LogP) is 2.82. The molecule has 0 aromatic heterocycles. The molecule has 1 saturated carbocycles.